The van der Waals surface area contributed by atoms with Gasteiger partial charge in [0, 0.05) is 12.7 Å². The van der Waals surface area contributed by atoms with Gasteiger partial charge in [0.05, 0.1) is 17.8 Å². The molecule has 2 heterocycles. The molecule has 1 aromatic heterocycles. The van der Waals surface area contributed by atoms with Crippen LogP contribution in [-0.4, -0.2) is 34.4 Å². The van der Waals surface area contributed by atoms with Crippen molar-refractivity contribution in [1.82, 2.24) is 15.2 Å². The van der Waals surface area contributed by atoms with Crippen molar-refractivity contribution in [2.45, 2.75) is 32.4 Å². The molecule has 1 fully saturated rings. The third-order valence-electron chi connectivity index (χ3n) is 3.07. The lowest BCUT2D eigenvalue weighted by Gasteiger charge is -2.28. The second kappa shape index (κ2) is 4.84. The number of carbonyl (C=O) groups excluding carboxylic acids is 1. The van der Waals surface area contributed by atoms with Crippen molar-refractivity contribution in [3.63, 3.8) is 0 Å². The van der Waals surface area contributed by atoms with E-state index >= 15 is 0 Å². The molecule has 17 heavy (non-hydrogen) atoms. The largest absolute Gasteiger partial charge is 0.335 e. The average molecular weight is 233 g/mol. The van der Waals surface area contributed by atoms with Crippen LogP contribution in [0.25, 0.3) is 0 Å². The number of carbonyl (C=O) groups is 1. The van der Waals surface area contributed by atoms with Crippen molar-refractivity contribution < 1.29 is 4.79 Å². The van der Waals surface area contributed by atoms with Crippen LogP contribution in [-0.2, 0) is 11.3 Å². The second-order valence-corrected chi connectivity index (χ2v) is 4.95. The van der Waals surface area contributed by atoms with Crippen molar-refractivity contribution in [3.05, 3.63) is 30.1 Å². The van der Waals surface area contributed by atoms with Gasteiger partial charge in [0.1, 0.15) is 0 Å². The summed E-state index contributed by atoms with van der Waals surface area (Å²) in [6.45, 7) is 6.16. The Morgan fingerprint density at radius 2 is 2.29 bits per heavy atom. The van der Waals surface area contributed by atoms with Crippen LogP contribution in [0.15, 0.2) is 24.4 Å². The predicted molar refractivity (Wildman–Crippen MR) is 66.4 cm³/mol. The molecule has 0 aromatic carbocycles. The summed E-state index contributed by atoms with van der Waals surface area (Å²) in [4.78, 5) is 18.5. The normalized spacial score (nSPS) is 20.1. The van der Waals surface area contributed by atoms with Crippen LogP contribution in [0.3, 0.4) is 0 Å². The summed E-state index contributed by atoms with van der Waals surface area (Å²) >= 11 is 0. The van der Waals surface area contributed by atoms with Crippen LogP contribution in [0.4, 0.5) is 0 Å². The zero-order chi connectivity index (χ0) is 12.3. The fraction of sp³-hybridized carbons (Fsp3) is 0.538. The Bertz CT molecular complexity index is 389. The molecule has 0 atom stereocenters. The Labute approximate surface area is 102 Å². The first-order chi connectivity index (χ1) is 8.09. The number of pyridine rings is 1. The highest BCUT2D eigenvalue weighted by Crippen LogP contribution is 2.14. The fourth-order valence-electron chi connectivity index (χ4n) is 2.08. The molecule has 1 amide bonds. The smallest absolute Gasteiger partial charge is 0.242 e. The highest BCUT2D eigenvalue weighted by molar-refractivity contribution is 5.85. The second-order valence-electron chi connectivity index (χ2n) is 4.95. The Kier molecular flexibility index (Phi) is 3.43. The van der Waals surface area contributed by atoms with Crippen molar-refractivity contribution in [2.75, 3.05) is 13.1 Å². The summed E-state index contributed by atoms with van der Waals surface area (Å²) < 4.78 is 0. The molecule has 0 aliphatic carbocycles. The third kappa shape index (κ3) is 2.82. The maximum atomic E-state index is 12.3. The van der Waals surface area contributed by atoms with E-state index in [9.17, 15) is 4.79 Å². The molecular formula is C13H19N3O. The third-order valence-corrected chi connectivity index (χ3v) is 3.07. The van der Waals surface area contributed by atoms with Crippen molar-refractivity contribution in [1.29, 1.82) is 0 Å². The number of nitrogens with one attached hydrogen (secondary N) is 1. The van der Waals surface area contributed by atoms with E-state index in [-0.39, 0.29) is 5.91 Å². The standard InChI is InChI=1S/C13H19N3O/c1-13(2)12(17)16(9-5-8-15-13)10-11-6-3-4-7-14-11/h3-4,6-7,15H,5,8-10H2,1-2H3. The average Bonchev–Trinajstić information content (AvgIpc) is 2.44. The van der Waals surface area contributed by atoms with Crippen LogP contribution in [0.2, 0.25) is 0 Å². The van der Waals surface area contributed by atoms with Gasteiger partial charge >= 0.3 is 0 Å². The molecule has 4 heteroatoms. The molecule has 1 aliphatic rings. The molecule has 0 unspecified atom stereocenters. The van der Waals surface area contributed by atoms with Crippen LogP contribution < -0.4 is 5.32 Å². The fourth-order valence-corrected chi connectivity index (χ4v) is 2.08. The molecule has 92 valence electrons. The van der Waals surface area contributed by atoms with E-state index in [4.69, 9.17) is 0 Å². The SMILES string of the molecule is CC1(C)NCCCN(Cc2ccccn2)C1=O. The minimum Gasteiger partial charge on any atom is -0.335 e. The summed E-state index contributed by atoms with van der Waals surface area (Å²) in [5.41, 5.74) is 0.476. The molecule has 0 radical (unpaired) electrons. The van der Waals surface area contributed by atoms with Gasteiger partial charge in [-0.05, 0) is 38.9 Å². The zero-order valence-corrected chi connectivity index (χ0v) is 10.4. The van der Waals surface area contributed by atoms with E-state index < -0.39 is 5.54 Å². The molecule has 1 aromatic rings. The molecule has 0 saturated carbocycles. The first-order valence-corrected chi connectivity index (χ1v) is 6.04. The van der Waals surface area contributed by atoms with E-state index in [1.165, 1.54) is 0 Å². The number of nitrogens with zero attached hydrogens (tertiary/aromatic N) is 2. The van der Waals surface area contributed by atoms with Gasteiger partial charge in [0.15, 0.2) is 0 Å². The number of amides is 1. The van der Waals surface area contributed by atoms with Gasteiger partial charge < -0.3 is 10.2 Å². The summed E-state index contributed by atoms with van der Waals surface area (Å²) in [5.74, 6) is 0.153. The van der Waals surface area contributed by atoms with Crippen LogP contribution >= 0.6 is 0 Å². The molecule has 1 N–H and O–H groups in total. The Morgan fingerprint density at radius 1 is 1.47 bits per heavy atom. The van der Waals surface area contributed by atoms with Gasteiger partial charge in [0.25, 0.3) is 0 Å². The van der Waals surface area contributed by atoms with Gasteiger partial charge in [-0.3, -0.25) is 9.78 Å². The minimum atomic E-state index is -0.467. The van der Waals surface area contributed by atoms with E-state index in [1.807, 2.05) is 36.9 Å². The minimum absolute atomic E-state index is 0.153. The molecule has 1 saturated heterocycles. The number of hydrogen-bond donors (Lipinski definition) is 1. The van der Waals surface area contributed by atoms with Gasteiger partial charge in [-0.25, -0.2) is 0 Å². The molecule has 2 rings (SSSR count). The number of aromatic nitrogens is 1. The van der Waals surface area contributed by atoms with Crippen molar-refractivity contribution >= 4 is 5.91 Å². The van der Waals surface area contributed by atoms with Crippen molar-refractivity contribution in [2.24, 2.45) is 0 Å². The molecular weight excluding hydrogens is 214 g/mol. The Balaban J connectivity index is 2.12. The summed E-state index contributed by atoms with van der Waals surface area (Å²) in [6.07, 6.45) is 2.75. The van der Waals surface area contributed by atoms with Crippen LogP contribution in [0.5, 0.6) is 0 Å². The quantitative estimate of drug-likeness (QED) is 0.834. The molecule has 0 bridgehead atoms. The summed E-state index contributed by atoms with van der Waals surface area (Å²) in [5, 5.41) is 3.27. The van der Waals surface area contributed by atoms with Gasteiger partial charge in [-0.1, -0.05) is 6.07 Å². The van der Waals surface area contributed by atoms with Crippen LogP contribution in [0, 0.1) is 0 Å². The lowest BCUT2D eigenvalue weighted by molar-refractivity contribution is -0.136. The first-order valence-electron chi connectivity index (χ1n) is 6.04. The maximum absolute atomic E-state index is 12.3. The van der Waals surface area contributed by atoms with E-state index in [1.54, 1.807) is 6.20 Å². The van der Waals surface area contributed by atoms with E-state index in [0.29, 0.717) is 6.54 Å². The Morgan fingerprint density at radius 3 is 3.00 bits per heavy atom. The molecule has 0 spiro atoms. The van der Waals surface area contributed by atoms with Gasteiger partial charge in [0.2, 0.25) is 5.91 Å². The van der Waals surface area contributed by atoms with E-state index in [2.05, 4.69) is 10.3 Å². The van der Waals surface area contributed by atoms with Gasteiger partial charge in [-0.15, -0.1) is 0 Å². The number of hydrogen-bond acceptors (Lipinski definition) is 3. The van der Waals surface area contributed by atoms with Crippen molar-refractivity contribution in [3.8, 4) is 0 Å². The maximum Gasteiger partial charge on any atom is 0.242 e. The molecule has 4 nitrogen and oxygen atoms in total. The number of rotatable bonds is 2. The van der Waals surface area contributed by atoms with E-state index in [0.717, 1.165) is 25.2 Å². The highest BCUT2D eigenvalue weighted by Gasteiger charge is 2.33. The Hall–Kier alpha value is -1.42. The summed E-state index contributed by atoms with van der Waals surface area (Å²) in [7, 11) is 0. The summed E-state index contributed by atoms with van der Waals surface area (Å²) in [6, 6.07) is 5.80. The lowest BCUT2D eigenvalue weighted by atomic mass is 10.0. The first kappa shape index (κ1) is 12.0. The topological polar surface area (TPSA) is 45.2 Å². The predicted octanol–water partition coefficient (Wildman–Crippen LogP) is 1.18. The highest BCUT2D eigenvalue weighted by atomic mass is 16.2. The van der Waals surface area contributed by atoms with Gasteiger partial charge in [-0.2, -0.15) is 0 Å². The van der Waals surface area contributed by atoms with Crippen LogP contribution in [0.1, 0.15) is 26.0 Å². The zero-order valence-electron chi connectivity index (χ0n) is 10.4. The monoisotopic (exact) mass is 233 g/mol. The molecule has 1 aliphatic heterocycles. The lowest BCUT2D eigenvalue weighted by Crippen LogP contribution is -2.51.